The Morgan fingerprint density at radius 2 is 2.04 bits per heavy atom. The standard InChI is InChI=1S/C17H17N5OS/c1-11-9-22-13(10-24-17(22)19-11)7-8-14-20-16(21-23-14)15(18)12-5-3-2-4-6-12/h2-6,9-10,15H,7-8,18H2,1H3. The van der Waals surface area contributed by atoms with Crippen LogP contribution in [0.4, 0.5) is 0 Å². The number of nitrogens with two attached hydrogens (primary N) is 1. The molecule has 6 nitrogen and oxygen atoms in total. The molecule has 24 heavy (non-hydrogen) atoms. The molecule has 0 amide bonds. The lowest BCUT2D eigenvalue weighted by Gasteiger charge is -2.05. The molecule has 0 saturated carbocycles. The number of fused-ring (bicyclic) bond motifs is 1. The van der Waals surface area contributed by atoms with E-state index in [2.05, 4.69) is 24.9 Å². The van der Waals surface area contributed by atoms with Gasteiger partial charge in [-0.05, 0) is 18.9 Å². The predicted molar refractivity (Wildman–Crippen MR) is 92.0 cm³/mol. The van der Waals surface area contributed by atoms with E-state index in [9.17, 15) is 0 Å². The number of hydrogen-bond donors (Lipinski definition) is 1. The van der Waals surface area contributed by atoms with Crippen molar-refractivity contribution in [1.82, 2.24) is 19.5 Å². The van der Waals surface area contributed by atoms with Crippen molar-refractivity contribution in [2.75, 3.05) is 0 Å². The highest BCUT2D eigenvalue weighted by Crippen LogP contribution is 2.19. The van der Waals surface area contributed by atoms with Gasteiger partial charge in [-0.1, -0.05) is 35.5 Å². The molecule has 1 unspecified atom stereocenters. The zero-order valence-corrected chi connectivity index (χ0v) is 14.0. The van der Waals surface area contributed by atoms with E-state index >= 15 is 0 Å². The van der Waals surface area contributed by atoms with Crippen molar-refractivity contribution in [3.05, 3.63) is 70.6 Å². The van der Waals surface area contributed by atoms with Gasteiger partial charge in [0.1, 0.15) is 0 Å². The van der Waals surface area contributed by atoms with Crippen LogP contribution < -0.4 is 5.73 Å². The Morgan fingerprint density at radius 3 is 2.88 bits per heavy atom. The van der Waals surface area contributed by atoms with Crippen molar-refractivity contribution in [2.24, 2.45) is 5.73 Å². The lowest BCUT2D eigenvalue weighted by Crippen LogP contribution is -2.13. The minimum atomic E-state index is -0.368. The van der Waals surface area contributed by atoms with Gasteiger partial charge < -0.3 is 10.3 Å². The molecule has 3 heterocycles. The van der Waals surface area contributed by atoms with Crippen LogP contribution in [-0.2, 0) is 12.8 Å². The van der Waals surface area contributed by atoms with Crippen molar-refractivity contribution >= 4 is 16.3 Å². The zero-order valence-electron chi connectivity index (χ0n) is 13.2. The van der Waals surface area contributed by atoms with Gasteiger partial charge in [-0.15, -0.1) is 11.3 Å². The summed E-state index contributed by atoms with van der Waals surface area (Å²) in [5.74, 6) is 1.12. The Hall–Kier alpha value is -2.51. The fraction of sp³-hybridized carbons (Fsp3) is 0.235. The van der Waals surface area contributed by atoms with Crippen LogP contribution in [0.25, 0.3) is 4.96 Å². The maximum Gasteiger partial charge on any atom is 0.227 e. The van der Waals surface area contributed by atoms with Gasteiger partial charge in [0.25, 0.3) is 0 Å². The van der Waals surface area contributed by atoms with Gasteiger partial charge in [0.2, 0.25) is 5.89 Å². The van der Waals surface area contributed by atoms with Crippen molar-refractivity contribution in [3.63, 3.8) is 0 Å². The SMILES string of the molecule is Cc1cn2c(CCc3nc(C(N)c4ccccc4)no3)csc2n1. The maximum atomic E-state index is 6.20. The fourth-order valence-electron chi connectivity index (χ4n) is 2.66. The van der Waals surface area contributed by atoms with E-state index in [0.717, 1.165) is 22.6 Å². The Kier molecular flexibility index (Phi) is 3.87. The third-order valence-electron chi connectivity index (χ3n) is 3.92. The number of aromatic nitrogens is 4. The second kappa shape index (κ2) is 6.18. The topological polar surface area (TPSA) is 82.2 Å². The molecule has 122 valence electrons. The molecule has 2 N–H and O–H groups in total. The van der Waals surface area contributed by atoms with Gasteiger partial charge in [0, 0.05) is 23.7 Å². The normalized spacial score (nSPS) is 12.8. The number of hydrogen-bond acceptors (Lipinski definition) is 6. The van der Waals surface area contributed by atoms with Crippen LogP contribution in [0.3, 0.4) is 0 Å². The highest BCUT2D eigenvalue weighted by atomic mass is 32.1. The van der Waals surface area contributed by atoms with E-state index in [4.69, 9.17) is 10.3 Å². The molecule has 1 aromatic carbocycles. The number of imidazole rings is 1. The van der Waals surface area contributed by atoms with Crippen molar-refractivity contribution in [3.8, 4) is 0 Å². The molecule has 0 aliphatic rings. The number of rotatable bonds is 5. The molecule has 1 atom stereocenters. The zero-order chi connectivity index (χ0) is 16.5. The Morgan fingerprint density at radius 1 is 1.21 bits per heavy atom. The van der Waals surface area contributed by atoms with Gasteiger partial charge >= 0.3 is 0 Å². The molecule has 0 radical (unpaired) electrons. The van der Waals surface area contributed by atoms with E-state index < -0.39 is 0 Å². The Balaban J connectivity index is 1.47. The molecule has 3 aromatic heterocycles. The Labute approximate surface area is 143 Å². The first-order valence-corrected chi connectivity index (χ1v) is 8.64. The molecular weight excluding hydrogens is 322 g/mol. The highest BCUT2D eigenvalue weighted by molar-refractivity contribution is 7.15. The first kappa shape index (κ1) is 15.0. The van der Waals surface area contributed by atoms with E-state index in [1.165, 1.54) is 5.69 Å². The number of benzene rings is 1. The van der Waals surface area contributed by atoms with Gasteiger partial charge in [-0.3, -0.25) is 4.40 Å². The average molecular weight is 339 g/mol. The van der Waals surface area contributed by atoms with E-state index in [-0.39, 0.29) is 6.04 Å². The van der Waals surface area contributed by atoms with Crippen molar-refractivity contribution < 1.29 is 4.52 Å². The Bertz CT molecular complexity index is 956. The summed E-state index contributed by atoms with van der Waals surface area (Å²) in [6.07, 6.45) is 3.54. The summed E-state index contributed by atoms with van der Waals surface area (Å²) in [7, 11) is 0. The summed E-state index contributed by atoms with van der Waals surface area (Å²) in [4.78, 5) is 9.92. The highest BCUT2D eigenvalue weighted by Gasteiger charge is 2.16. The molecule has 4 rings (SSSR count). The molecule has 0 spiro atoms. The monoisotopic (exact) mass is 339 g/mol. The van der Waals surface area contributed by atoms with Gasteiger partial charge in [-0.2, -0.15) is 4.98 Å². The second-order valence-electron chi connectivity index (χ2n) is 5.70. The molecule has 0 aliphatic heterocycles. The summed E-state index contributed by atoms with van der Waals surface area (Å²) in [5.41, 5.74) is 9.39. The van der Waals surface area contributed by atoms with E-state index in [1.54, 1.807) is 11.3 Å². The van der Waals surface area contributed by atoms with Crippen molar-refractivity contribution in [1.29, 1.82) is 0 Å². The molecule has 7 heteroatoms. The predicted octanol–water partition coefficient (Wildman–Crippen LogP) is 2.92. The van der Waals surface area contributed by atoms with Gasteiger partial charge in [-0.25, -0.2) is 4.98 Å². The number of aryl methyl sites for hydroxylation is 3. The lowest BCUT2D eigenvalue weighted by atomic mass is 10.1. The molecule has 0 saturated heterocycles. The molecule has 4 aromatic rings. The van der Waals surface area contributed by atoms with Crippen LogP contribution in [0.15, 0.2) is 46.4 Å². The van der Waals surface area contributed by atoms with E-state index in [1.807, 2.05) is 43.5 Å². The number of nitrogens with zero attached hydrogens (tertiary/aromatic N) is 4. The van der Waals surface area contributed by atoms with Crippen LogP contribution in [0.1, 0.15) is 34.7 Å². The summed E-state index contributed by atoms with van der Waals surface area (Å²) in [5, 5.41) is 6.15. The van der Waals surface area contributed by atoms with Gasteiger partial charge in [0.05, 0.1) is 11.7 Å². The quantitative estimate of drug-likeness (QED) is 0.604. The third-order valence-corrected chi connectivity index (χ3v) is 4.81. The second-order valence-corrected chi connectivity index (χ2v) is 6.53. The average Bonchev–Trinajstić information content (AvgIpc) is 3.29. The summed E-state index contributed by atoms with van der Waals surface area (Å²) in [6.45, 7) is 2.00. The van der Waals surface area contributed by atoms with Gasteiger partial charge in [0.15, 0.2) is 10.8 Å². The summed E-state index contributed by atoms with van der Waals surface area (Å²) in [6, 6.07) is 9.41. The third kappa shape index (κ3) is 2.83. The minimum absolute atomic E-state index is 0.368. The van der Waals surface area contributed by atoms with E-state index in [0.29, 0.717) is 18.1 Å². The largest absolute Gasteiger partial charge is 0.339 e. The first-order valence-electron chi connectivity index (χ1n) is 7.76. The molecular formula is C17H17N5OS. The molecule has 0 fully saturated rings. The summed E-state index contributed by atoms with van der Waals surface area (Å²) >= 11 is 1.64. The number of thiazole rings is 1. The summed E-state index contributed by atoms with van der Waals surface area (Å²) < 4.78 is 7.48. The lowest BCUT2D eigenvalue weighted by molar-refractivity contribution is 0.371. The van der Waals surface area contributed by atoms with Crippen LogP contribution in [0, 0.1) is 6.92 Å². The fourth-order valence-corrected chi connectivity index (χ4v) is 3.61. The first-order chi connectivity index (χ1) is 11.7. The van der Waals surface area contributed by atoms with Crippen molar-refractivity contribution in [2.45, 2.75) is 25.8 Å². The van der Waals surface area contributed by atoms with Crippen LogP contribution in [0.5, 0.6) is 0 Å². The smallest absolute Gasteiger partial charge is 0.227 e. The van der Waals surface area contributed by atoms with Crippen LogP contribution in [-0.4, -0.2) is 19.5 Å². The maximum absolute atomic E-state index is 6.20. The molecule has 0 bridgehead atoms. The van der Waals surface area contributed by atoms with Crippen LogP contribution >= 0.6 is 11.3 Å². The van der Waals surface area contributed by atoms with Crippen LogP contribution in [0.2, 0.25) is 0 Å². The molecule has 0 aliphatic carbocycles. The minimum Gasteiger partial charge on any atom is -0.339 e.